The van der Waals surface area contributed by atoms with Crippen LogP contribution in [-0.4, -0.2) is 20.0 Å². The van der Waals surface area contributed by atoms with Crippen LogP contribution in [0.3, 0.4) is 0 Å². The Labute approximate surface area is 148 Å². The molecule has 0 saturated carbocycles. The minimum atomic E-state index is 0.0745. The van der Waals surface area contributed by atoms with Crippen LogP contribution in [0.4, 0.5) is 5.69 Å². The third kappa shape index (κ3) is 4.29. The standard InChI is InChI=1S/C20H25NO4/c1-20(2,3)14-5-7-17(16(21)11-14)23-10-4-9-22-15-6-8-18-19(12-15)25-13-24-18/h5-8,11-12H,4,9-10,13,21H2,1-3H3. The highest BCUT2D eigenvalue weighted by Crippen LogP contribution is 2.35. The number of nitrogen functional groups attached to an aromatic ring is 1. The largest absolute Gasteiger partial charge is 0.493 e. The summed E-state index contributed by atoms with van der Waals surface area (Å²) < 4.78 is 22.1. The van der Waals surface area contributed by atoms with Crippen molar-refractivity contribution in [1.82, 2.24) is 0 Å². The second-order valence-corrected chi connectivity index (χ2v) is 7.07. The minimum absolute atomic E-state index is 0.0745. The molecule has 25 heavy (non-hydrogen) atoms. The van der Waals surface area contributed by atoms with Crippen LogP contribution in [0.25, 0.3) is 0 Å². The summed E-state index contributed by atoms with van der Waals surface area (Å²) in [5.41, 5.74) is 8.04. The van der Waals surface area contributed by atoms with E-state index in [1.807, 2.05) is 30.3 Å². The molecule has 5 nitrogen and oxygen atoms in total. The summed E-state index contributed by atoms with van der Waals surface area (Å²) in [5.74, 6) is 2.96. The molecule has 1 heterocycles. The molecule has 1 aliphatic rings. The Kier molecular flexibility index (Phi) is 4.93. The predicted octanol–water partition coefficient (Wildman–Crippen LogP) is 4.14. The quantitative estimate of drug-likeness (QED) is 0.631. The molecule has 0 amide bonds. The number of fused-ring (bicyclic) bond motifs is 1. The van der Waals surface area contributed by atoms with Crippen molar-refractivity contribution in [2.75, 3.05) is 25.7 Å². The fraction of sp³-hybridized carbons (Fsp3) is 0.400. The summed E-state index contributed by atoms with van der Waals surface area (Å²) in [6, 6.07) is 11.6. The van der Waals surface area contributed by atoms with E-state index in [9.17, 15) is 0 Å². The molecule has 134 valence electrons. The molecule has 0 saturated heterocycles. The number of ether oxygens (including phenoxy) is 4. The first kappa shape index (κ1) is 17.3. The van der Waals surface area contributed by atoms with E-state index >= 15 is 0 Å². The van der Waals surface area contributed by atoms with Gasteiger partial charge in [-0.1, -0.05) is 26.8 Å². The minimum Gasteiger partial charge on any atom is -0.493 e. The SMILES string of the molecule is CC(C)(C)c1ccc(OCCCOc2ccc3c(c2)OCO3)c(N)c1. The zero-order valence-corrected chi connectivity index (χ0v) is 15.0. The molecule has 1 aliphatic heterocycles. The van der Waals surface area contributed by atoms with Gasteiger partial charge in [-0.05, 0) is 35.2 Å². The van der Waals surface area contributed by atoms with Crippen molar-refractivity contribution in [3.05, 3.63) is 42.0 Å². The molecule has 2 N–H and O–H groups in total. The van der Waals surface area contributed by atoms with Crippen molar-refractivity contribution in [3.63, 3.8) is 0 Å². The van der Waals surface area contributed by atoms with Crippen molar-refractivity contribution in [1.29, 1.82) is 0 Å². The molecule has 0 aromatic heterocycles. The maximum absolute atomic E-state index is 6.09. The summed E-state index contributed by atoms with van der Waals surface area (Å²) in [7, 11) is 0. The maximum atomic E-state index is 6.09. The lowest BCUT2D eigenvalue weighted by atomic mass is 9.87. The first-order valence-electron chi connectivity index (χ1n) is 8.49. The summed E-state index contributed by atoms with van der Waals surface area (Å²) in [6.07, 6.45) is 0.759. The van der Waals surface area contributed by atoms with Gasteiger partial charge in [0.2, 0.25) is 6.79 Å². The maximum Gasteiger partial charge on any atom is 0.231 e. The van der Waals surface area contributed by atoms with Gasteiger partial charge < -0.3 is 24.7 Å². The molecule has 2 aromatic rings. The molecule has 2 aromatic carbocycles. The molecule has 0 aliphatic carbocycles. The molecule has 5 heteroatoms. The van der Waals surface area contributed by atoms with E-state index in [0.717, 1.165) is 29.4 Å². The van der Waals surface area contributed by atoms with Gasteiger partial charge in [0, 0.05) is 12.5 Å². The van der Waals surface area contributed by atoms with Crippen molar-refractivity contribution in [2.45, 2.75) is 32.6 Å². The van der Waals surface area contributed by atoms with E-state index in [2.05, 4.69) is 26.8 Å². The van der Waals surface area contributed by atoms with Gasteiger partial charge in [0.25, 0.3) is 0 Å². The Morgan fingerprint density at radius 1 is 0.960 bits per heavy atom. The highest BCUT2D eigenvalue weighted by Gasteiger charge is 2.15. The molecule has 0 atom stereocenters. The molecular formula is C20H25NO4. The summed E-state index contributed by atoms with van der Waals surface area (Å²) >= 11 is 0. The lowest BCUT2D eigenvalue weighted by Crippen LogP contribution is -2.12. The zero-order valence-electron chi connectivity index (χ0n) is 15.0. The second kappa shape index (κ2) is 7.13. The van der Waals surface area contributed by atoms with Crippen LogP contribution in [0.1, 0.15) is 32.8 Å². The van der Waals surface area contributed by atoms with E-state index in [1.54, 1.807) is 0 Å². The van der Waals surface area contributed by atoms with Crippen LogP contribution in [0, 0.1) is 0 Å². The average molecular weight is 343 g/mol. The van der Waals surface area contributed by atoms with Gasteiger partial charge in [0.15, 0.2) is 11.5 Å². The molecule has 0 spiro atoms. The van der Waals surface area contributed by atoms with Gasteiger partial charge >= 0.3 is 0 Å². The van der Waals surface area contributed by atoms with Gasteiger partial charge in [-0.25, -0.2) is 0 Å². The number of rotatable bonds is 6. The Morgan fingerprint density at radius 2 is 1.72 bits per heavy atom. The van der Waals surface area contributed by atoms with E-state index in [-0.39, 0.29) is 12.2 Å². The average Bonchev–Trinajstić information content (AvgIpc) is 3.02. The van der Waals surface area contributed by atoms with Crippen LogP contribution in [0.5, 0.6) is 23.0 Å². The Bertz CT molecular complexity index is 737. The van der Waals surface area contributed by atoms with E-state index in [4.69, 9.17) is 24.7 Å². The fourth-order valence-electron chi connectivity index (χ4n) is 2.54. The third-order valence-corrected chi connectivity index (χ3v) is 4.03. The number of hydrogen-bond acceptors (Lipinski definition) is 5. The molecular weight excluding hydrogens is 318 g/mol. The fourth-order valence-corrected chi connectivity index (χ4v) is 2.54. The Balaban J connectivity index is 1.44. The van der Waals surface area contributed by atoms with Crippen LogP contribution < -0.4 is 24.7 Å². The van der Waals surface area contributed by atoms with E-state index in [1.165, 1.54) is 5.56 Å². The molecule has 3 rings (SSSR count). The molecule has 0 bridgehead atoms. The smallest absolute Gasteiger partial charge is 0.231 e. The number of anilines is 1. The number of nitrogens with two attached hydrogens (primary N) is 1. The van der Waals surface area contributed by atoms with Gasteiger partial charge in [-0.2, -0.15) is 0 Å². The van der Waals surface area contributed by atoms with E-state index in [0.29, 0.717) is 18.9 Å². The second-order valence-electron chi connectivity index (χ2n) is 7.07. The highest BCUT2D eigenvalue weighted by molar-refractivity contribution is 5.55. The number of benzene rings is 2. The van der Waals surface area contributed by atoms with Crippen LogP contribution in [0.15, 0.2) is 36.4 Å². The van der Waals surface area contributed by atoms with Crippen LogP contribution >= 0.6 is 0 Å². The van der Waals surface area contributed by atoms with Crippen molar-refractivity contribution < 1.29 is 18.9 Å². The van der Waals surface area contributed by atoms with Gasteiger partial charge in [-0.3, -0.25) is 0 Å². The zero-order chi connectivity index (χ0) is 17.9. The van der Waals surface area contributed by atoms with Crippen LogP contribution in [0.2, 0.25) is 0 Å². The molecule has 0 fully saturated rings. The summed E-state index contributed by atoms with van der Waals surface area (Å²) in [6.45, 7) is 7.85. The summed E-state index contributed by atoms with van der Waals surface area (Å²) in [5, 5.41) is 0. The van der Waals surface area contributed by atoms with Crippen molar-refractivity contribution >= 4 is 5.69 Å². The first-order valence-corrected chi connectivity index (χ1v) is 8.49. The molecule has 0 unspecified atom stereocenters. The topological polar surface area (TPSA) is 62.9 Å². The lowest BCUT2D eigenvalue weighted by Gasteiger charge is -2.20. The monoisotopic (exact) mass is 343 g/mol. The Morgan fingerprint density at radius 3 is 2.48 bits per heavy atom. The summed E-state index contributed by atoms with van der Waals surface area (Å²) in [4.78, 5) is 0. The van der Waals surface area contributed by atoms with Crippen LogP contribution in [-0.2, 0) is 5.41 Å². The van der Waals surface area contributed by atoms with Crippen molar-refractivity contribution in [2.24, 2.45) is 0 Å². The Hall–Kier alpha value is -2.56. The number of hydrogen-bond donors (Lipinski definition) is 1. The van der Waals surface area contributed by atoms with E-state index < -0.39 is 0 Å². The van der Waals surface area contributed by atoms with Gasteiger partial charge in [-0.15, -0.1) is 0 Å². The molecule has 0 radical (unpaired) electrons. The predicted molar refractivity (Wildman–Crippen MR) is 97.7 cm³/mol. The van der Waals surface area contributed by atoms with Gasteiger partial charge in [0.1, 0.15) is 11.5 Å². The lowest BCUT2D eigenvalue weighted by molar-refractivity contribution is 0.173. The van der Waals surface area contributed by atoms with Gasteiger partial charge in [0.05, 0.1) is 18.9 Å². The highest BCUT2D eigenvalue weighted by atomic mass is 16.7. The normalized spacial score (nSPS) is 12.9. The first-order chi connectivity index (χ1) is 11.9. The van der Waals surface area contributed by atoms with Crippen molar-refractivity contribution in [3.8, 4) is 23.0 Å². The third-order valence-electron chi connectivity index (χ3n) is 4.03.